The van der Waals surface area contributed by atoms with E-state index in [4.69, 9.17) is 4.84 Å². The van der Waals surface area contributed by atoms with Gasteiger partial charge in [0.15, 0.2) is 5.71 Å². The van der Waals surface area contributed by atoms with Crippen LogP contribution in [-0.4, -0.2) is 96.6 Å². The van der Waals surface area contributed by atoms with Gasteiger partial charge in [-0.2, -0.15) is 4.58 Å². The van der Waals surface area contributed by atoms with Crippen LogP contribution in [0.4, 0.5) is 11.4 Å². The third-order valence-corrected chi connectivity index (χ3v) is 13.7. The minimum Gasteiger partial charge on any atom is -0.748 e. The number of hydrogen-bond donors (Lipinski definition) is 0. The van der Waals surface area contributed by atoms with Crippen LogP contribution in [0.25, 0.3) is 0 Å². The van der Waals surface area contributed by atoms with E-state index in [2.05, 4.69) is 19.9 Å². The fraction of sp³-hybridized carbons (Fsp3) is 0.442. The number of imide groups is 1. The van der Waals surface area contributed by atoms with Crippen molar-refractivity contribution in [1.29, 1.82) is 0 Å². The summed E-state index contributed by atoms with van der Waals surface area (Å²) >= 11 is 0. The number of benzene rings is 2. The van der Waals surface area contributed by atoms with E-state index in [9.17, 15) is 53.3 Å². The number of aryl methyl sites for hydroxylation is 1. The van der Waals surface area contributed by atoms with Gasteiger partial charge in [0.1, 0.15) is 16.7 Å². The molecule has 0 aromatic heterocycles. The molecule has 0 spiro atoms. The number of amides is 2. The summed E-state index contributed by atoms with van der Waals surface area (Å²) in [7, 11) is -13.8. The summed E-state index contributed by atoms with van der Waals surface area (Å²) in [5, 5.41) is 0.490. The molecule has 1 saturated heterocycles. The number of anilines is 1. The zero-order valence-electron chi connectivity index (χ0n) is 35.1. The molecule has 2 amide bonds. The van der Waals surface area contributed by atoms with Crippen molar-refractivity contribution in [3.8, 4) is 0 Å². The number of hydrogen-bond acceptors (Lipinski definition) is 14. The van der Waals surface area contributed by atoms with Gasteiger partial charge < -0.3 is 23.4 Å². The number of hydroxylamine groups is 2. The van der Waals surface area contributed by atoms with Gasteiger partial charge in [0, 0.05) is 78.2 Å². The summed E-state index contributed by atoms with van der Waals surface area (Å²) in [5.41, 5.74) is 4.34. The molecule has 3 aliphatic heterocycles. The standard InChI is InChI=1S/C43H53N3O13S3/c1-31-18-20-35-33(29-31)42(2,3)37(44(35)25-13-27-60(50,51)52)15-9-6-5-7-10-16-38-43(4,24-12-8-11-17-41(49)59-46-39(47)22-23-40(46)48)34-30-32(62(56,57)58)19-21-36(34)45(38)26-14-28-61(53,54)55/h5-7,9-10,15-16,18-21,29-30H,8,11-14,17,22-28H2,1-4H3,(H2-,50,51,52,53,54,55,56,57,58)/p-2. The number of rotatable bonds is 20. The van der Waals surface area contributed by atoms with Crippen LogP contribution in [0.3, 0.4) is 0 Å². The molecule has 0 bridgehead atoms. The fourth-order valence-corrected chi connectivity index (χ4v) is 9.70. The lowest BCUT2D eigenvalue weighted by Crippen LogP contribution is -2.32. The Labute approximate surface area is 363 Å². The zero-order chi connectivity index (χ0) is 45.7. The van der Waals surface area contributed by atoms with E-state index in [1.165, 1.54) is 18.2 Å². The van der Waals surface area contributed by atoms with Gasteiger partial charge >= 0.3 is 5.97 Å². The second-order valence-electron chi connectivity index (χ2n) is 16.3. The predicted molar refractivity (Wildman–Crippen MR) is 227 cm³/mol. The van der Waals surface area contributed by atoms with Crippen LogP contribution in [0.2, 0.25) is 0 Å². The summed E-state index contributed by atoms with van der Waals surface area (Å²) in [6.07, 6.45) is 14.4. The molecule has 5 rings (SSSR count). The number of carbonyl (C=O) groups excluding carboxylic acids is 3. The molecule has 2 aromatic carbocycles. The van der Waals surface area contributed by atoms with Crippen molar-refractivity contribution in [2.45, 2.75) is 101 Å². The highest BCUT2D eigenvalue weighted by Gasteiger charge is 2.45. The second-order valence-corrected chi connectivity index (χ2v) is 20.7. The molecule has 0 N–H and O–H groups in total. The van der Waals surface area contributed by atoms with Gasteiger partial charge in [-0.15, -0.1) is 5.06 Å². The van der Waals surface area contributed by atoms with Crippen molar-refractivity contribution < 1.29 is 62.7 Å². The average Bonchev–Trinajstić information content (AvgIpc) is 3.68. The molecule has 19 heteroatoms. The molecule has 3 heterocycles. The predicted octanol–water partition coefficient (Wildman–Crippen LogP) is 5.03. The van der Waals surface area contributed by atoms with Crippen LogP contribution >= 0.6 is 0 Å². The zero-order valence-corrected chi connectivity index (χ0v) is 37.5. The maximum atomic E-state index is 12.4. The van der Waals surface area contributed by atoms with Crippen LogP contribution in [0.1, 0.15) is 95.2 Å². The summed E-state index contributed by atoms with van der Waals surface area (Å²) in [6.45, 7) is 8.42. The van der Waals surface area contributed by atoms with Crippen LogP contribution in [-0.2, 0) is 60.4 Å². The van der Waals surface area contributed by atoms with Gasteiger partial charge in [-0.25, -0.2) is 30.0 Å². The van der Waals surface area contributed by atoms with E-state index < -0.39 is 75.4 Å². The first-order valence-electron chi connectivity index (χ1n) is 20.2. The molecule has 1 fully saturated rings. The molecule has 62 heavy (non-hydrogen) atoms. The Morgan fingerprint density at radius 1 is 0.790 bits per heavy atom. The molecule has 1 atom stereocenters. The molecular weight excluding hydrogens is 863 g/mol. The number of carbonyl (C=O) groups is 3. The van der Waals surface area contributed by atoms with Gasteiger partial charge in [0.05, 0.1) is 30.5 Å². The molecule has 336 valence electrons. The first-order valence-corrected chi connectivity index (χ1v) is 24.8. The minimum absolute atomic E-state index is 0.0275. The van der Waals surface area contributed by atoms with E-state index in [1.807, 2.05) is 47.6 Å². The Kier molecular flexibility index (Phi) is 15.0. The third-order valence-electron chi connectivity index (χ3n) is 11.3. The highest BCUT2D eigenvalue weighted by Crippen LogP contribution is 2.51. The number of nitrogens with zero attached hydrogens (tertiary/aromatic N) is 3. The van der Waals surface area contributed by atoms with Gasteiger partial charge in [-0.05, 0) is 82.9 Å². The van der Waals surface area contributed by atoms with Crippen molar-refractivity contribution in [3.63, 3.8) is 0 Å². The molecule has 2 aromatic rings. The third kappa shape index (κ3) is 11.8. The molecule has 0 aliphatic carbocycles. The van der Waals surface area contributed by atoms with Crippen LogP contribution in [0.5, 0.6) is 0 Å². The molecular formula is C43H51N3O13S3-2. The van der Waals surface area contributed by atoms with E-state index in [1.54, 1.807) is 30.4 Å². The van der Waals surface area contributed by atoms with Gasteiger partial charge in [-0.3, -0.25) is 9.59 Å². The largest absolute Gasteiger partial charge is 0.748 e. The minimum atomic E-state index is -4.86. The quantitative estimate of drug-likeness (QED) is 0.0556. The summed E-state index contributed by atoms with van der Waals surface area (Å²) in [5.74, 6) is -3.02. The monoisotopic (exact) mass is 913 g/mol. The molecule has 0 radical (unpaired) electrons. The number of allylic oxidation sites excluding steroid dienone is 8. The molecule has 0 saturated carbocycles. The Morgan fingerprint density at radius 2 is 1.44 bits per heavy atom. The van der Waals surface area contributed by atoms with Crippen molar-refractivity contribution in [3.05, 3.63) is 101 Å². The molecule has 16 nitrogen and oxygen atoms in total. The SMILES string of the molecule is Cc1ccc2c(c1)C(C)(C)C(/C=C/C=C/C=C/C=C1\N(CCCS(=O)(=O)[O-])c3ccc(S(=O)(=O)[O-])cc3C1(C)CCCCCC(=O)ON1C(=O)CCC1=O)=[N+]2CCCS(=O)(=O)[O-]. The molecule has 3 aliphatic rings. The van der Waals surface area contributed by atoms with Gasteiger partial charge in [0.2, 0.25) is 5.69 Å². The van der Waals surface area contributed by atoms with Crippen molar-refractivity contribution >= 4 is 65.2 Å². The maximum Gasteiger partial charge on any atom is 0.333 e. The summed E-state index contributed by atoms with van der Waals surface area (Å²) < 4.78 is 107. The van der Waals surface area contributed by atoms with Gasteiger partial charge in [0.25, 0.3) is 11.8 Å². The van der Waals surface area contributed by atoms with E-state index in [-0.39, 0.29) is 38.6 Å². The fourth-order valence-electron chi connectivity index (χ4n) is 8.24. The van der Waals surface area contributed by atoms with Crippen LogP contribution in [0.15, 0.2) is 89.5 Å². The Bertz CT molecular complexity index is 2580. The first kappa shape index (κ1) is 48.2. The smallest absolute Gasteiger partial charge is 0.333 e. The van der Waals surface area contributed by atoms with Crippen molar-refractivity contribution in [1.82, 2.24) is 5.06 Å². The lowest BCUT2D eigenvalue weighted by molar-refractivity contribution is -0.437. The highest BCUT2D eigenvalue weighted by atomic mass is 32.2. The van der Waals surface area contributed by atoms with Crippen LogP contribution in [0, 0.1) is 6.92 Å². The maximum absolute atomic E-state index is 12.4. The van der Waals surface area contributed by atoms with Crippen LogP contribution < -0.4 is 4.90 Å². The normalized spacial score (nSPS) is 19.9. The van der Waals surface area contributed by atoms with Gasteiger partial charge in [-0.1, -0.05) is 54.9 Å². The van der Waals surface area contributed by atoms with Crippen molar-refractivity contribution in [2.75, 3.05) is 29.5 Å². The first-order chi connectivity index (χ1) is 28.9. The topological polar surface area (TPSA) is 242 Å². The Balaban J connectivity index is 1.39. The highest BCUT2D eigenvalue weighted by molar-refractivity contribution is 7.86. The van der Waals surface area contributed by atoms with E-state index in [0.717, 1.165) is 22.5 Å². The summed E-state index contributed by atoms with van der Waals surface area (Å²) in [4.78, 5) is 42.4. The Hall–Kier alpha value is -4.79. The van der Waals surface area contributed by atoms with E-state index in [0.29, 0.717) is 54.2 Å². The Morgan fingerprint density at radius 3 is 2.10 bits per heavy atom. The van der Waals surface area contributed by atoms with E-state index >= 15 is 0 Å². The lowest BCUT2D eigenvalue weighted by Gasteiger charge is -2.31. The lowest BCUT2D eigenvalue weighted by atomic mass is 9.77. The number of unbranched alkanes of at least 4 members (excludes halogenated alkanes) is 2. The average molecular weight is 914 g/mol. The number of fused-ring (bicyclic) bond motifs is 2. The summed E-state index contributed by atoms with van der Waals surface area (Å²) in [6, 6.07) is 10.1. The van der Waals surface area contributed by atoms with Crippen molar-refractivity contribution in [2.24, 2.45) is 0 Å². The second kappa shape index (κ2) is 19.3. The molecule has 1 unspecified atom stereocenters.